The summed E-state index contributed by atoms with van der Waals surface area (Å²) in [5, 5.41) is 3.27. The van der Waals surface area contributed by atoms with Crippen LogP contribution >= 0.6 is 0 Å². The van der Waals surface area contributed by atoms with Gasteiger partial charge in [-0.05, 0) is 39.8 Å². The zero-order valence-corrected chi connectivity index (χ0v) is 12.3. The topological polar surface area (TPSA) is 15.3 Å². The molecule has 0 radical (unpaired) electrons. The van der Waals surface area contributed by atoms with E-state index in [0.717, 1.165) is 25.7 Å². The molecule has 0 heterocycles. The van der Waals surface area contributed by atoms with E-state index in [4.69, 9.17) is 0 Å². The third-order valence-electron chi connectivity index (χ3n) is 4.37. The van der Waals surface area contributed by atoms with Gasteiger partial charge >= 0.3 is 0 Å². The molecule has 0 aliphatic heterocycles. The molecule has 1 aromatic rings. The van der Waals surface area contributed by atoms with Crippen LogP contribution in [-0.4, -0.2) is 37.6 Å². The third kappa shape index (κ3) is 3.76. The van der Waals surface area contributed by atoms with Crippen LogP contribution < -0.4 is 5.32 Å². The highest BCUT2D eigenvalue weighted by Crippen LogP contribution is 2.31. The Morgan fingerprint density at radius 2 is 1.75 bits per heavy atom. The van der Waals surface area contributed by atoms with Gasteiger partial charge in [0.1, 0.15) is 0 Å². The van der Waals surface area contributed by atoms with Gasteiger partial charge < -0.3 is 5.32 Å². The number of likely N-dealkylation sites (N-methyl/N-ethyl adjacent to an activating group) is 1. The third-order valence-corrected chi connectivity index (χ3v) is 4.37. The summed E-state index contributed by atoms with van der Waals surface area (Å²) in [6.45, 7) is -0.202. The number of benzene rings is 1. The van der Waals surface area contributed by atoms with Crippen molar-refractivity contribution >= 4 is 0 Å². The van der Waals surface area contributed by atoms with Gasteiger partial charge in [0.25, 0.3) is 5.92 Å². The van der Waals surface area contributed by atoms with Crippen LogP contribution in [0.15, 0.2) is 30.3 Å². The summed E-state index contributed by atoms with van der Waals surface area (Å²) in [6.07, 6.45) is 4.13. The Bertz CT molecular complexity index is 400. The molecule has 2 nitrogen and oxygen atoms in total. The van der Waals surface area contributed by atoms with Crippen LogP contribution in [0.3, 0.4) is 0 Å². The minimum absolute atomic E-state index is 0.107. The van der Waals surface area contributed by atoms with Crippen LogP contribution in [0.2, 0.25) is 0 Å². The fourth-order valence-corrected chi connectivity index (χ4v) is 3.02. The monoisotopic (exact) mass is 282 g/mol. The van der Waals surface area contributed by atoms with Crippen molar-refractivity contribution in [1.82, 2.24) is 10.2 Å². The van der Waals surface area contributed by atoms with Crippen LogP contribution in [-0.2, 0) is 5.92 Å². The normalized spacial score (nSPS) is 24.1. The van der Waals surface area contributed by atoms with Gasteiger partial charge in [-0.15, -0.1) is 0 Å². The maximum absolute atomic E-state index is 14.3. The second kappa shape index (κ2) is 6.64. The fourth-order valence-electron chi connectivity index (χ4n) is 3.02. The maximum Gasteiger partial charge on any atom is 0.285 e. The molecule has 1 N–H and O–H groups in total. The van der Waals surface area contributed by atoms with Crippen LogP contribution in [0.1, 0.15) is 31.2 Å². The number of halogens is 2. The quantitative estimate of drug-likeness (QED) is 0.892. The molecule has 0 atom stereocenters. The first kappa shape index (κ1) is 15.4. The zero-order chi connectivity index (χ0) is 14.6. The first-order chi connectivity index (χ1) is 9.53. The molecular weight excluding hydrogens is 258 g/mol. The summed E-state index contributed by atoms with van der Waals surface area (Å²) in [6, 6.07) is 8.94. The highest BCUT2D eigenvalue weighted by atomic mass is 19.3. The molecule has 1 aliphatic rings. The average Bonchev–Trinajstić information content (AvgIpc) is 2.48. The summed E-state index contributed by atoms with van der Waals surface area (Å²) < 4.78 is 28.5. The Labute approximate surface area is 120 Å². The second-order valence-electron chi connectivity index (χ2n) is 5.78. The zero-order valence-electron chi connectivity index (χ0n) is 12.3. The number of rotatable bonds is 5. The van der Waals surface area contributed by atoms with E-state index in [9.17, 15) is 8.78 Å². The molecule has 0 amide bonds. The highest BCUT2D eigenvalue weighted by Gasteiger charge is 2.35. The average molecular weight is 282 g/mol. The fraction of sp³-hybridized carbons (Fsp3) is 0.625. The Balaban J connectivity index is 1.92. The lowest BCUT2D eigenvalue weighted by Crippen LogP contribution is -2.43. The minimum Gasteiger partial charge on any atom is -0.317 e. The number of nitrogens with one attached hydrogen (secondary N) is 1. The van der Waals surface area contributed by atoms with Crippen LogP contribution in [0.25, 0.3) is 0 Å². The van der Waals surface area contributed by atoms with Crippen molar-refractivity contribution in [1.29, 1.82) is 0 Å². The van der Waals surface area contributed by atoms with Gasteiger partial charge in [0.05, 0.1) is 6.54 Å². The molecule has 0 aromatic heterocycles. The van der Waals surface area contributed by atoms with Gasteiger partial charge in [-0.1, -0.05) is 30.3 Å². The van der Waals surface area contributed by atoms with Gasteiger partial charge in [-0.2, -0.15) is 8.78 Å². The number of nitrogens with zero attached hydrogens (tertiary/aromatic N) is 1. The van der Waals surface area contributed by atoms with E-state index in [2.05, 4.69) is 5.32 Å². The summed E-state index contributed by atoms with van der Waals surface area (Å²) >= 11 is 0. The molecule has 4 heteroatoms. The van der Waals surface area contributed by atoms with Gasteiger partial charge in [0, 0.05) is 17.6 Å². The van der Waals surface area contributed by atoms with Crippen molar-refractivity contribution < 1.29 is 8.78 Å². The predicted octanol–water partition coefficient (Wildman–Crippen LogP) is 3.24. The number of alkyl halides is 2. The molecule has 112 valence electrons. The highest BCUT2D eigenvalue weighted by molar-refractivity contribution is 5.20. The first-order valence-electron chi connectivity index (χ1n) is 7.34. The lowest BCUT2D eigenvalue weighted by Gasteiger charge is -2.36. The van der Waals surface area contributed by atoms with Gasteiger partial charge in [0.2, 0.25) is 0 Å². The molecule has 1 aromatic carbocycles. The van der Waals surface area contributed by atoms with E-state index in [-0.39, 0.29) is 18.2 Å². The molecule has 2 rings (SSSR count). The van der Waals surface area contributed by atoms with Crippen LogP contribution in [0.5, 0.6) is 0 Å². The van der Waals surface area contributed by atoms with Crippen LogP contribution in [0, 0.1) is 0 Å². The van der Waals surface area contributed by atoms with Crippen molar-refractivity contribution in [3.63, 3.8) is 0 Å². The Morgan fingerprint density at radius 3 is 2.30 bits per heavy atom. The van der Waals surface area contributed by atoms with Crippen molar-refractivity contribution in [3.05, 3.63) is 35.9 Å². The van der Waals surface area contributed by atoms with E-state index in [0.29, 0.717) is 6.04 Å². The van der Waals surface area contributed by atoms with E-state index < -0.39 is 5.92 Å². The largest absolute Gasteiger partial charge is 0.317 e. The van der Waals surface area contributed by atoms with Gasteiger partial charge in [-0.25, -0.2) is 0 Å². The molecular formula is C16H24F2N2. The van der Waals surface area contributed by atoms with Crippen molar-refractivity contribution in [2.75, 3.05) is 20.6 Å². The minimum atomic E-state index is -2.78. The molecule has 0 bridgehead atoms. The molecule has 1 aliphatic carbocycles. The van der Waals surface area contributed by atoms with Crippen LogP contribution in [0.4, 0.5) is 8.78 Å². The Hall–Kier alpha value is -1.00. The maximum atomic E-state index is 14.3. The Kier molecular flexibility index (Phi) is 5.11. The van der Waals surface area contributed by atoms with Crippen molar-refractivity contribution in [2.24, 2.45) is 0 Å². The molecule has 0 unspecified atom stereocenters. The van der Waals surface area contributed by atoms with E-state index in [1.54, 1.807) is 18.2 Å². The predicted molar refractivity (Wildman–Crippen MR) is 78.1 cm³/mol. The Morgan fingerprint density at radius 1 is 1.15 bits per heavy atom. The lowest BCUT2D eigenvalue weighted by atomic mass is 9.90. The molecule has 1 saturated carbocycles. The molecule has 0 saturated heterocycles. The smallest absolute Gasteiger partial charge is 0.285 e. The van der Waals surface area contributed by atoms with Crippen molar-refractivity contribution in [3.8, 4) is 0 Å². The summed E-state index contributed by atoms with van der Waals surface area (Å²) in [5.41, 5.74) is 0.107. The summed E-state index contributed by atoms with van der Waals surface area (Å²) in [5.74, 6) is -2.78. The first-order valence-corrected chi connectivity index (χ1v) is 7.34. The summed E-state index contributed by atoms with van der Waals surface area (Å²) in [7, 11) is 3.79. The molecule has 0 spiro atoms. The van der Waals surface area contributed by atoms with Gasteiger partial charge in [-0.3, -0.25) is 4.90 Å². The number of hydrogen-bond donors (Lipinski definition) is 1. The molecule has 20 heavy (non-hydrogen) atoms. The molecule has 1 fully saturated rings. The second-order valence-corrected chi connectivity index (χ2v) is 5.78. The van der Waals surface area contributed by atoms with E-state index in [1.807, 2.05) is 19.0 Å². The standard InChI is InChI=1S/C16H24F2N2/c1-19-14-8-10-15(11-9-14)20(2)12-16(17,18)13-6-4-3-5-7-13/h3-7,14-15,19H,8-12H2,1-2H3. The van der Waals surface area contributed by atoms with E-state index in [1.165, 1.54) is 12.1 Å². The van der Waals surface area contributed by atoms with Gasteiger partial charge in [0.15, 0.2) is 0 Å². The van der Waals surface area contributed by atoms with Crippen molar-refractivity contribution in [2.45, 2.75) is 43.7 Å². The lowest BCUT2D eigenvalue weighted by molar-refractivity contribution is -0.0447. The summed E-state index contributed by atoms with van der Waals surface area (Å²) in [4.78, 5) is 1.83. The number of hydrogen-bond acceptors (Lipinski definition) is 2. The van der Waals surface area contributed by atoms with E-state index >= 15 is 0 Å². The SMILES string of the molecule is CNC1CCC(N(C)CC(F)(F)c2ccccc2)CC1.